The Bertz CT molecular complexity index is 417. The standard InChI is InChI=1S/C12H17N3O3/c1-18-7-9-2-4-15(5-3-9)11-10(12(16)17)6-13-8-14-11/h6,8-9H,2-5,7H2,1H3,(H,16,17). The van der Waals surface area contributed by atoms with Crippen LogP contribution in [-0.2, 0) is 4.74 Å². The summed E-state index contributed by atoms with van der Waals surface area (Å²) in [7, 11) is 1.71. The van der Waals surface area contributed by atoms with Gasteiger partial charge in [-0.25, -0.2) is 14.8 Å². The Labute approximate surface area is 106 Å². The fraction of sp³-hybridized carbons (Fsp3) is 0.583. The van der Waals surface area contributed by atoms with Crippen LogP contribution in [0.25, 0.3) is 0 Å². The zero-order valence-electron chi connectivity index (χ0n) is 10.4. The zero-order chi connectivity index (χ0) is 13.0. The molecule has 0 aliphatic carbocycles. The molecule has 1 fully saturated rings. The highest BCUT2D eigenvalue weighted by molar-refractivity contribution is 5.92. The normalized spacial score (nSPS) is 16.8. The lowest BCUT2D eigenvalue weighted by atomic mass is 9.97. The van der Waals surface area contributed by atoms with Gasteiger partial charge in [0.1, 0.15) is 17.7 Å². The Balaban J connectivity index is 2.07. The highest BCUT2D eigenvalue weighted by Crippen LogP contribution is 2.24. The predicted octanol–water partition coefficient (Wildman–Crippen LogP) is 1.04. The molecule has 0 amide bonds. The maximum Gasteiger partial charge on any atom is 0.341 e. The Morgan fingerprint density at radius 2 is 2.28 bits per heavy atom. The number of aromatic nitrogens is 2. The number of carbonyl (C=O) groups is 1. The van der Waals surface area contributed by atoms with E-state index >= 15 is 0 Å². The molecule has 0 atom stereocenters. The van der Waals surface area contributed by atoms with Crippen LogP contribution in [0, 0.1) is 5.92 Å². The first-order valence-corrected chi connectivity index (χ1v) is 5.99. The maximum absolute atomic E-state index is 11.1. The van der Waals surface area contributed by atoms with Crippen LogP contribution < -0.4 is 4.90 Å². The van der Waals surface area contributed by atoms with Crippen molar-refractivity contribution in [3.8, 4) is 0 Å². The van der Waals surface area contributed by atoms with E-state index in [0.717, 1.165) is 32.5 Å². The third kappa shape index (κ3) is 2.76. The summed E-state index contributed by atoms with van der Waals surface area (Å²) >= 11 is 0. The van der Waals surface area contributed by atoms with Crippen LogP contribution in [0.3, 0.4) is 0 Å². The minimum Gasteiger partial charge on any atom is -0.477 e. The van der Waals surface area contributed by atoms with Crippen LogP contribution in [0.1, 0.15) is 23.2 Å². The SMILES string of the molecule is COCC1CCN(c2ncncc2C(=O)O)CC1. The van der Waals surface area contributed by atoms with Crippen LogP contribution in [0.2, 0.25) is 0 Å². The van der Waals surface area contributed by atoms with Gasteiger partial charge in [-0.05, 0) is 18.8 Å². The topological polar surface area (TPSA) is 75.5 Å². The predicted molar refractivity (Wildman–Crippen MR) is 65.8 cm³/mol. The number of carboxylic acid groups (broad SMARTS) is 1. The average Bonchev–Trinajstić information content (AvgIpc) is 2.40. The van der Waals surface area contributed by atoms with Crippen molar-refractivity contribution in [1.82, 2.24) is 9.97 Å². The van der Waals surface area contributed by atoms with Gasteiger partial charge in [0.2, 0.25) is 0 Å². The van der Waals surface area contributed by atoms with E-state index in [-0.39, 0.29) is 5.56 Å². The second-order valence-electron chi connectivity index (χ2n) is 4.45. The molecule has 0 bridgehead atoms. The number of rotatable bonds is 4. The molecule has 0 aromatic carbocycles. The van der Waals surface area contributed by atoms with E-state index in [9.17, 15) is 4.79 Å². The van der Waals surface area contributed by atoms with Gasteiger partial charge in [-0.2, -0.15) is 0 Å². The molecule has 1 aliphatic rings. The highest BCUT2D eigenvalue weighted by atomic mass is 16.5. The molecule has 0 saturated carbocycles. The van der Waals surface area contributed by atoms with Crippen molar-refractivity contribution in [2.45, 2.75) is 12.8 Å². The molecule has 1 saturated heterocycles. The summed E-state index contributed by atoms with van der Waals surface area (Å²) in [6.45, 7) is 2.39. The van der Waals surface area contributed by atoms with Crippen molar-refractivity contribution >= 4 is 11.8 Å². The lowest BCUT2D eigenvalue weighted by Gasteiger charge is -2.32. The summed E-state index contributed by atoms with van der Waals surface area (Å²) in [5.74, 6) is 0.0966. The number of methoxy groups -OCH3 is 1. The van der Waals surface area contributed by atoms with Crippen molar-refractivity contribution in [2.24, 2.45) is 5.92 Å². The monoisotopic (exact) mass is 251 g/mol. The van der Waals surface area contributed by atoms with Gasteiger partial charge in [-0.15, -0.1) is 0 Å². The van der Waals surface area contributed by atoms with Gasteiger partial charge in [-0.1, -0.05) is 0 Å². The first-order chi connectivity index (χ1) is 8.72. The lowest BCUT2D eigenvalue weighted by molar-refractivity contribution is 0.0696. The Morgan fingerprint density at radius 1 is 1.56 bits per heavy atom. The zero-order valence-corrected chi connectivity index (χ0v) is 10.4. The summed E-state index contributed by atoms with van der Waals surface area (Å²) < 4.78 is 5.15. The number of nitrogens with zero attached hydrogens (tertiary/aromatic N) is 3. The highest BCUT2D eigenvalue weighted by Gasteiger charge is 2.23. The molecule has 2 rings (SSSR count). The van der Waals surface area contributed by atoms with Gasteiger partial charge in [0.15, 0.2) is 0 Å². The summed E-state index contributed by atoms with van der Waals surface area (Å²) in [6.07, 6.45) is 4.74. The molecule has 18 heavy (non-hydrogen) atoms. The summed E-state index contributed by atoms with van der Waals surface area (Å²) in [5, 5.41) is 9.11. The smallest absolute Gasteiger partial charge is 0.341 e. The quantitative estimate of drug-likeness (QED) is 0.861. The molecule has 1 N–H and O–H groups in total. The van der Waals surface area contributed by atoms with Gasteiger partial charge >= 0.3 is 5.97 Å². The molecule has 1 aromatic heterocycles. The number of carboxylic acids is 1. The van der Waals surface area contributed by atoms with Crippen LogP contribution in [0.4, 0.5) is 5.82 Å². The Hall–Kier alpha value is -1.69. The molecule has 98 valence electrons. The molecule has 6 heteroatoms. The van der Waals surface area contributed by atoms with Gasteiger partial charge in [0, 0.05) is 33.0 Å². The summed E-state index contributed by atoms with van der Waals surface area (Å²) in [6, 6.07) is 0. The van der Waals surface area contributed by atoms with Crippen molar-refractivity contribution in [1.29, 1.82) is 0 Å². The average molecular weight is 251 g/mol. The molecular formula is C12H17N3O3. The summed E-state index contributed by atoms with van der Waals surface area (Å²) in [5.41, 5.74) is 0.169. The fourth-order valence-electron chi connectivity index (χ4n) is 2.27. The first kappa shape index (κ1) is 12.8. The molecule has 0 spiro atoms. The molecular weight excluding hydrogens is 234 g/mol. The third-order valence-electron chi connectivity index (χ3n) is 3.24. The molecule has 6 nitrogen and oxygen atoms in total. The van der Waals surface area contributed by atoms with Crippen molar-refractivity contribution in [3.63, 3.8) is 0 Å². The van der Waals surface area contributed by atoms with Crippen LogP contribution in [0.15, 0.2) is 12.5 Å². The van der Waals surface area contributed by atoms with Gasteiger partial charge < -0.3 is 14.7 Å². The van der Waals surface area contributed by atoms with Crippen molar-refractivity contribution in [3.05, 3.63) is 18.1 Å². The molecule has 1 aliphatic heterocycles. The number of ether oxygens (including phenoxy) is 1. The molecule has 2 heterocycles. The number of aromatic carboxylic acids is 1. The minimum absolute atomic E-state index is 0.169. The van der Waals surface area contributed by atoms with Crippen LogP contribution in [0.5, 0.6) is 0 Å². The number of hydrogen-bond acceptors (Lipinski definition) is 5. The maximum atomic E-state index is 11.1. The number of anilines is 1. The van der Waals surface area contributed by atoms with E-state index in [4.69, 9.17) is 9.84 Å². The second kappa shape index (κ2) is 5.77. The molecule has 0 unspecified atom stereocenters. The van der Waals surface area contributed by atoms with E-state index in [2.05, 4.69) is 9.97 Å². The Kier molecular flexibility index (Phi) is 4.09. The lowest BCUT2D eigenvalue weighted by Crippen LogP contribution is -2.36. The van der Waals surface area contributed by atoms with Crippen molar-refractivity contribution < 1.29 is 14.6 Å². The fourth-order valence-corrected chi connectivity index (χ4v) is 2.27. The van der Waals surface area contributed by atoms with Gasteiger partial charge in [0.25, 0.3) is 0 Å². The van der Waals surface area contributed by atoms with Crippen molar-refractivity contribution in [2.75, 3.05) is 31.7 Å². The van der Waals surface area contributed by atoms with Gasteiger partial charge in [-0.3, -0.25) is 0 Å². The van der Waals surface area contributed by atoms with Gasteiger partial charge in [0.05, 0.1) is 0 Å². The number of hydrogen-bond donors (Lipinski definition) is 1. The summed E-state index contributed by atoms with van der Waals surface area (Å²) in [4.78, 5) is 21.0. The van der Waals surface area contributed by atoms with E-state index in [0.29, 0.717) is 11.7 Å². The largest absolute Gasteiger partial charge is 0.477 e. The first-order valence-electron chi connectivity index (χ1n) is 5.99. The molecule has 0 radical (unpaired) electrons. The number of piperidine rings is 1. The van der Waals surface area contributed by atoms with E-state index < -0.39 is 5.97 Å². The second-order valence-corrected chi connectivity index (χ2v) is 4.45. The Morgan fingerprint density at radius 3 is 2.89 bits per heavy atom. The minimum atomic E-state index is -0.982. The van der Waals surface area contributed by atoms with Crippen LogP contribution >= 0.6 is 0 Å². The van der Waals surface area contributed by atoms with E-state index in [1.54, 1.807) is 7.11 Å². The van der Waals surface area contributed by atoms with E-state index in [1.165, 1.54) is 12.5 Å². The van der Waals surface area contributed by atoms with E-state index in [1.807, 2.05) is 4.90 Å². The third-order valence-corrected chi connectivity index (χ3v) is 3.24. The molecule has 1 aromatic rings. The van der Waals surface area contributed by atoms with Crippen LogP contribution in [-0.4, -0.2) is 47.8 Å².